The van der Waals surface area contributed by atoms with E-state index in [9.17, 15) is 4.79 Å². The molecule has 0 spiro atoms. The van der Waals surface area contributed by atoms with Gasteiger partial charge in [0.25, 0.3) is 5.91 Å². The molecule has 4 nitrogen and oxygen atoms in total. The van der Waals surface area contributed by atoms with E-state index in [4.69, 9.17) is 28.6 Å². The molecule has 22 heavy (non-hydrogen) atoms. The van der Waals surface area contributed by atoms with E-state index in [0.29, 0.717) is 22.0 Å². The quantitative estimate of drug-likeness (QED) is 0.551. The summed E-state index contributed by atoms with van der Waals surface area (Å²) in [4.78, 5) is 12.2. The van der Waals surface area contributed by atoms with Crippen LogP contribution >= 0.6 is 46.4 Å². The number of thiocarbonyl (C=S) groups is 1. The summed E-state index contributed by atoms with van der Waals surface area (Å²) in [5, 5.41) is 6.07. The Morgan fingerprint density at radius 1 is 1.27 bits per heavy atom. The topological polar surface area (TPSA) is 50.4 Å². The van der Waals surface area contributed by atoms with Gasteiger partial charge in [-0.1, -0.05) is 23.7 Å². The Kier molecular flexibility index (Phi) is 5.98. The van der Waals surface area contributed by atoms with Crippen molar-refractivity contribution in [2.24, 2.45) is 0 Å². The zero-order valence-electron chi connectivity index (χ0n) is 11.5. The van der Waals surface area contributed by atoms with Crippen LogP contribution in [-0.4, -0.2) is 18.1 Å². The lowest BCUT2D eigenvalue weighted by atomic mass is 10.2. The summed E-state index contributed by atoms with van der Waals surface area (Å²) in [5.41, 5.74) is 1.04. The second-order valence-electron chi connectivity index (χ2n) is 4.23. The van der Waals surface area contributed by atoms with Crippen LogP contribution in [0.4, 0.5) is 5.69 Å². The fraction of sp³-hybridized carbons (Fsp3) is 0.0667. The third kappa shape index (κ3) is 4.31. The van der Waals surface area contributed by atoms with Gasteiger partial charge >= 0.3 is 0 Å². The highest BCUT2D eigenvalue weighted by Crippen LogP contribution is 2.23. The molecule has 0 fully saturated rings. The number of benzene rings is 2. The van der Waals surface area contributed by atoms with Gasteiger partial charge in [0.1, 0.15) is 5.75 Å². The molecule has 114 valence electrons. The molecule has 0 heterocycles. The van der Waals surface area contributed by atoms with E-state index in [1.165, 1.54) is 0 Å². The van der Waals surface area contributed by atoms with Crippen LogP contribution < -0.4 is 15.4 Å². The standard InChI is InChI=1S/C15H12ClIN2O2S/c1-21-13-5-3-2-4-12(13)18-15(22)19-14(20)10-8-9(17)6-7-11(10)16/h2-8H,1H3,(H2,18,19,20,22). The molecule has 0 bridgehead atoms. The highest BCUT2D eigenvalue weighted by molar-refractivity contribution is 14.1. The van der Waals surface area contributed by atoms with Crippen molar-refractivity contribution in [1.29, 1.82) is 0 Å². The summed E-state index contributed by atoms with van der Waals surface area (Å²) in [6.07, 6.45) is 0. The molecule has 2 aromatic carbocycles. The van der Waals surface area contributed by atoms with Crippen molar-refractivity contribution >= 4 is 63.1 Å². The largest absolute Gasteiger partial charge is 0.495 e. The summed E-state index contributed by atoms with van der Waals surface area (Å²) in [6, 6.07) is 12.5. The molecular formula is C15H12ClIN2O2S. The van der Waals surface area contributed by atoms with Crippen LogP contribution in [0.2, 0.25) is 5.02 Å². The molecule has 0 unspecified atom stereocenters. The molecule has 1 amide bonds. The van der Waals surface area contributed by atoms with E-state index < -0.39 is 0 Å². The highest BCUT2D eigenvalue weighted by Gasteiger charge is 2.13. The average molecular weight is 447 g/mol. The number of para-hydroxylation sites is 2. The van der Waals surface area contributed by atoms with Crippen molar-refractivity contribution in [3.63, 3.8) is 0 Å². The van der Waals surface area contributed by atoms with E-state index in [1.807, 2.05) is 18.2 Å². The van der Waals surface area contributed by atoms with E-state index in [-0.39, 0.29) is 11.0 Å². The molecule has 0 aromatic heterocycles. The van der Waals surface area contributed by atoms with Crippen molar-refractivity contribution in [2.45, 2.75) is 0 Å². The zero-order chi connectivity index (χ0) is 16.1. The zero-order valence-corrected chi connectivity index (χ0v) is 15.3. The summed E-state index contributed by atoms with van der Waals surface area (Å²) in [7, 11) is 1.56. The maximum Gasteiger partial charge on any atom is 0.258 e. The lowest BCUT2D eigenvalue weighted by molar-refractivity contribution is 0.0978. The summed E-state index contributed by atoms with van der Waals surface area (Å²) in [6.45, 7) is 0. The Hall–Kier alpha value is -1.38. The van der Waals surface area contributed by atoms with Gasteiger partial charge in [-0.05, 0) is 65.1 Å². The van der Waals surface area contributed by atoms with Crippen molar-refractivity contribution in [1.82, 2.24) is 5.32 Å². The Balaban J connectivity index is 2.08. The predicted molar refractivity (Wildman–Crippen MR) is 101 cm³/mol. The van der Waals surface area contributed by atoms with Gasteiger partial charge in [-0.2, -0.15) is 0 Å². The van der Waals surface area contributed by atoms with Gasteiger partial charge in [-0.15, -0.1) is 0 Å². The van der Waals surface area contributed by atoms with Crippen LogP contribution in [0, 0.1) is 3.57 Å². The number of halogens is 2. The second-order valence-corrected chi connectivity index (χ2v) is 6.29. The van der Waals surface area contributed by atoms with Gasteiger partial charge in [-0.25, -0.2) is 0 Å². The average Bonchev–Trinajstić information content (AvgIpc) is 2.50. The number of nitrogens with one attached hydrogen (secondary N) is 2. The Morgan fingerprint density at radius 3 is 2.73 bits per heavy atom. The molecule has 2 N–H and O–H groups in total. The molecule has 0 aliphatic rings. The molecule has 0 radical (unpaired) electrons. The molecule has 0 aliphatic carbocycles. The highest BCUT2D eigenvalue weighted by atomic mass is 127. The van der Waals surface area contributed by atoms with Gasteiger partial charge in [0.05, 0.1) is 23.4 Å². The Morgan fingerprint density at radius 2 is 2.00 bits per heavy atom. The van der Waals surface area contributed by atoms with Crippen LogP contribution in [0.1, 0.15) is 10.4 Å². The van der Waals surface area contributed by atoms with Crippen LogP contribution in [0.15, 0.2) is 42.5 Å². The number of ether oxygens (including phenoxy) is 1. The Labute approximate surface area is 152 Å². The maximum absolute atomic E-state index is 12.2. The molecule has 2 aromatic rings. The minimum atomic E-state index is -0.365. The number of carbonyl (C=O) groups excluding carboxylic acids is 1. The molecule has 0 atom stereocenters. The van der Waals surface area contributed by atoms with E-state index in [1.54, 1.807) is 31.4 Å². The molecule has 0 saturated carbocycles. The molecule has 2 rings (SSSR count). The second kappa shape index (κ2) is 7.75. The first-order valence-corrected chi connectivity index (χ1v) is 8.08. The third-order valence-electron chi connectivity index (χ3n) is 2.76. The van der Waals surface area contributed by atoms with Gasteiger partial charge in [0.2, 0.25) is 0 Å². The monoisotopic (exact) mass is 446 g/mol. The number of rotatable bonds is 3. The third-order valence-corrected chi connectivity index (χ3v) is 3.96. The van der Waals surface area contributed by atoms with Crippen LogP contribution in [0.3, 0.4) is 0 Å². The molecule has 7 heteroatoms. The number of carbonyl (C=O) groups is 1. The number of hydrogen-bond donors (Lipinski definition) is 2. The first kappa shape index (κ1) is 17.0. The van der Waals surface area contributed by atoms with Crippen molar-refractivity contribution in [3.8, 4) is 5.75 Å². The lowest BCUT2D eigenvalue weighted by Crippen LogP contribution is -2.34. The first-order chi connectivity index (χ1) is 10.5. The van der Waals surface area contributed by atoms with Gasteiger partial charge in [-0.3, -0.25) is 10.1 Å². The van der Waals surface area contributed by atoms with Gasteiger partial charge in [0, 0.05) is 3.57 Å². The summed E-state index contributed by atoms with van der Waals surface area (Å²) >= 11 is 13.3. The smallest absolute Gasteiger partial charge is 0.258 e. The number of amides is 1. The van der Waals surface area contributed by atoms with Gasteiger partial charge < -0.3 is 10.1 Å². The van der Waals surface area contributed by atoms with E-state index in [2.05, 4.69) is 33.2 Å². The van der Waals surface area contributed by atoms with Crippen molar-refractivity contribution < 1.29 is 9.53 Å². The minimum Gasteiger partial charge on any atom is -0.495 e. The molecule has 0 aliphatic heterocycles. The minimum absolute atomic E-state index is 0.171. The number of anilines is 1. The first-order valence-electron chi connectivity index (χ1n) is 6.21. The van der Waals surface area contributed by atoms with Crippen molar-refractivity contribution in [2.75, 3.05) is 12.4 Å². The van der Waals surface area contributed by atoms with Crippen LogP contribution in [0.25, 0.3) is 0 Å². The van der Waals surface area contributed by atoms with Crippen molar-refractivity contribution in [3.05, 3.63) is 56.6 Å². The molecular weight excluding hydrogens is 435 g/mol. The van der Waals surface area contributed by atoms with E-state index >= 15 is 0 Å². The number of hydrogen-bond acceptors (Lipinski definition) is 3. The fourth-order valence-electron chi connectivity index (χ4n) is 1.74. The SMILES string of the molecule is COc1ccccc1NC(=S)NC(=O)c1cc(I)ccc1Cl. The maximum atomic E-state index is 12.2. The fourth-order valence-corrected chi connectivity index (χ4v) is 2.64. The predicted octanol–water partition coefficient (Wildman–Crippen LogP) is 4.08. The lowest BCUT2D eigenvalue weighted by Gasteiger charge is -2.13. The summed E-state index contributed by atoms with van der Waals surface area (Å²) in [5.74, 6) is 0.266. The Bertz CT molecular complexity index is 724. The number of methoxy groups -OCH3 is 1. The van der Waals surface area contributed by atoms with Crippen LogP contribution in [0.5, 0.6) is 5.75 Å². The molecule has 0 saturated heterocycles. The normalized spacial score (nSPS) is 9.95. The van der Waals surface area contributed by atoms with E-state index in [0.717, 1.165) is 3.57 Å². The van der Waals surface area contributed by atoms with Crippen LogP contribution in [-0.2, 0) is 0 Å². The van der Waals surface area contributed by atoms with Gasteiger partial charge in [0.15, 0.2) is 5.11 Å². The summed E-state index contributed by atoms with van der Waals surface area (Å²) < 4.78 is 6.13.